The van der Waals surface area contributed by atoms with Gasteiger partial charge in [-0.3, -0.25) is 14.4 Å². The number of nitrogens with zero attached hydrogens (tertiary/aromatic N) is 1. The summed E-state index contributed by atoms with van der Waals surface area (Å²) in [4.78, 5) is 38.1. The highest BCUT2D eigenvalue weighted by Crippen LogP contribution is 2.31. The van der Waals surface area contributed by atoms with Crippen LogP contribution in [0.5, 0.6) is 5.75 Å². The molecule has 1 aliphatic heterocycles. The second-order valence-electron chi connectivity index (χ2n) is 6.47. The number of benzene rings is 2. The lowest BCUT2D eigenvalue weighted by molar-refractivity contribution is -0.151. The van der Waals surface area contributed by atoms with Gasteiger partial charge in [-0.05, 0) is 43.3 Å². The van der Waals surface area contributed by atoms with Crippen molar-refractivity contribution in [2.24, 2.45) is 5.92 Å². The van der Waals surface area contributed by atoms with Crippen LogP contribution in [0.4, 0.5) is 11.4 Å². The van der Waals surface area contributed by atoms with E-state index in [1.165, 1.54) is 4.90 Å². The number of carbonyl (C=O) groups is 3. The molecule has 2 aromatic carbocycles. The van der Waals surface area contributed by atoms with Crippen molar-refractivity contribution >= 4 is 40.8 Å². The lowest BCUT2D eigenvalue weighted by atomic mass is 10.1. The summed E-state index contributed by atoms with van der Waals surface area (Å²) in [6.45, 7) is 2.18. The van der Waals surface area contributed by atoms with Gasteiger partial charge in [-0.1, -0.05) is 23.7 Å². The predicted molar refractivity (Wildman–Crippen MR) is 109 cm³/mol. The minimum Gasteiger partial charge on any atom is -0.494 e. The fourth-order valence-corrected chi connectivity index (χ4v) is 3.26. The molecule has 1 N–H and O–H groups in total. The Morgan fingerprint density at radius 1 is 1.17 bits per heavy atom. The number of hydrogen-bond acceptors (Lipinski definition) is 5. The Balaban J connectivity index is 1.50. The number of anilines is 2. The van der Waals surface area contributed by atoms with Crippen molar-refractivity contribution in [3.63, 3.8) is 0 Å². The van der Waals surface area contributed by atoms with E-state index in [0.29, 0.717) is 28.8 Å². The van der Waals surface area contributed by atoms with E-state index in [0.717, 1.165) is 0 Å². The molecule has 0 aliphatic carbocycles. The zero-order valence-corrected chi connectivity index (χ0v) is 16.6. The second-order valence-corrected chi connectivity index (χ2v) is 6.88. The van der Waals surface area contributed by atoms with Crippen LogP contribution in [0, 0.1) is 5.92 Å². The molecule has 0 bridgehead atoms. The number of rotatable bonds is 7. The predicted octanol–water partition coefficient (Wildman–Crippen LogP) is 3.27. The molecule has 152 valence electrons. The van der Waals surface area contributed by atoms with Crippen LogP contribution < -0.4 is 15.0 Å². The van der Waals surface area contributed by atoms with Gasteiger partial charge in [0, 0.05) is 18.7 Å². The van der Waals surface area contributed by atoms with Crippen LogP contribution in [-0.2, 0) is 19.1 Å². The van der Waals surface area contributed by atoms with Gasteiger partial charge >= 0.3 is 5.97 Å². The first-order valence-corrected chi connectivity index (χ1v) is 9.60. The molecule has 2 amide bonds. The SMILES string of the molecule is CCOc1ccc(NC(=O)COC(=O)[C@H]2CC(=O)N(c3ccccc3Cl)C2)cc1. The Kier molecular flexibility index (Phi) is 6.72. The summed E-state index contributed by atoms with van der Waals surface area (Å²) in [5.74, 6) is -1.20. The molecule has 0 aromatic heterocycles. The van der Waals surface area contributed by atoms with E-state index in [1.807, 2.05) is 6.92 Å². The van der Waals surface area contributed by atoms with E-state index >= 15 is 0 Å². The maximum absolute atomic E-state index is 12.3. The zero-order chi connectivity index (χ0) is 20.8. The molecule has 0 unspecified atom stereocenters. The Labute approximate surface area is 173 Å². The molecular formula is C21H21ClN2O5. The summed E-state index contributed by atoms with van der Waals surface area (Å²) in [6.07, 6.45) is 0.0184. The van der Waals surface area contributed by atoms with E-state index in [2.05, 4.69) is 5.32 Å². The summed E-state index contributed by atoms with van der Waals surface area (Å²) in [5.41, 5.74) is 1.12. The minimum absolute atomic E-state index is 0.0184. The molecule has 7 nitrogen and oxygen atoms in total. The number of esters is 1. The van der Waals surface area contributed by atoms with Crippen molar-refractivity contribution in [1.29, 1.82) is 0 Å². The third-order valence-corrected chi connectivity index (χ3v) is 4.72. The van der Waals surface area contributed by atoms with Gasteiger partial charge in [0.2, 0.25) is 5.91 Å². The standard InChI is InChI=1S/C21H21ClN2O5/c1-2-28-16-9-7-15(8-10-16)23-19(25)13-29-21(27)14-11-20(26)24(12-14)18-6-4-3-5-17(18)22/h3-10,14H,2,11-13H2,1H3,(H,23,25)/t14-/m0/s1. The molecule has 1 heterocycles. The molecule has 8 heteroatoms. The van der Waals surface area contributed by atoms with Crippen molar-refractivity contribution in [2.75, 3.05) is 30.0 Å². The molecule has 0 spiro atoms. The van der Waals surface area contributed by atoms with Crippen LogP contribution in [0.2, 0.25) is 5.02 Å². The van der Waals surface area contributed by atoms with Crippen LogP contribution in [0.1, 0.15) is 13.3 Å². The van der Waals surface area contributed by atoms with Crippen molar-refractivity contribution in [3.8, 4) is 5.75 Å². The first-order valence-electron chi connectivity index (χ1n) is 9.22. The maximum Gasteiger partial charge on any atom is 0.311 e. The lowest BCUT2D eigenvalue weighted by Crippen LogP contribution is -2.28. The van der Waals surface area contributed by atoms with Crippen molar-refractivity contribution < 1.29 is 23.9 Å². The first-order chi connectivity index (χ1) is 14.0. The van der Waals surface area contributed by atoms with E-state index < -0.39 is 24.4 Å². The third kappa shape index (κ3) is 5.26. The van der Waals surface area contributed by atoms with E-state index in [4.69, 9.17) is 21.1 Å². The Morgan fingerprint density at radius 2 is 1.90 bits per heavy atom. The molecule has 0 radical (unpaired) electrons. The van der Waals surface area contributed by atoms with E-state index in [-0.39, 0.29) is 18.9 Å². The first kappa shape index (κ1) is 20.7. The van der Waals surface area contributed by atoms with Gasteiger partial charge in [0.25, 0.3) is 5.91 Å². The molecule has 3 rings (SSSR count). The molecule has 1 fully saturated rings. The summed E-state index contributed by atoms with van der Waals surface area (Å²) < 4.78 is 10.4. The van der Waals surface area contributed by atoms with Gasteiger partial charge in [0.15, 0.2) is 6.61 Å². The van der Waals surface area contributed by atoms with Crippen LogP contribution in [0.25, 0.3) is 0 Å². The minimum atomic E-state index is -0.642. The molecule has 2 aromatic rings. The number of ether oxygens (including phenoxy) is 2. The average Bonchev–Trinajstić information content (AvgIpc) is 3.10. The normalized spacial score (nSPS) is 15.9. The van der Waals surface area contributed by atoms with Crippen LogP contribution in [-0.4, -0.2) is 37.5 Å². The molecule has 1 atom stereocenters. The largest absolute Gasteiger partial charge is 0.494 e. The summed E-state index contributed by atoms with van der Waals surface area (Å²) in [6, 6.07) is 13.8. The fourth-order valence-electron chi connectivity index (χ4n) is 3.02. The van der Waals surface area contributed by atoms with Gasteiger partial charge in [-0.15, -0.1) is 0 Å². The van der Waals surface area contributed by atoms with Crippen molar-refractivity contribution in [3.05, 3.63) is 53.6 Å². The van der Waals surface area contributed by atoms with E-state index in [1.54, 1.807) is 48.5 Å². The Morgan fingerprint density at radius 3 is 2.59 bits per heavy atom. The fraction of sp³-hybridized carbons (Fsp3) is 0.286. The topological polar surface area (TPSA) is 84.9 Å². The summed E-state index contributed by atoms with van der Waals surface area (Å²) >= 11 is 6.13. The summed E-state index contributed by atoms with van der Waals surface area (Å²) in [5, 5.41) is 3.08. The van der Waals surface area contributed by atoms with Crippen molar-refractivity contribution in [1.82, 2.24) is 0 Å². The van der Waals surface area contributed by atoms with Gasteiger partial charge in [0.1, 0.15) is 5.75 Å². The number of amides is 2. The van der Waals surface area contributed by atoms with Gasteiger partial charge < -0.3 is 19.7 Å². The van der Waals surface area contributed by atoms with Crippen LogP contribution in [0.15, 0.2) is 48.5 Å². The number of carbonyl (C=O) groups excluding carboxylic acids is 3. The molecule has 29 heavy (non-hydrogen) atoms. The number of para-hydroxylation sites is 1. The number of halogens is 1. The van der Waals surface area contributed by atoms with Gasteiger partial charge in [-0.25, -0.2) is 0 Å². The van der Waals surface area contributed by atoms with E-state index in [9.17, 15) is 14.4 Å². The summed E-state index contributed by atoms with van der Waals surface area (Å²) in [7, 11) is 0. The van der Waals surface area contributed by atoms with Crippen LogP contribution in [0.3, 0.4) is 0 Å². The second kappa shape index (κ2) is 9.43. The van der Waals surface area contributed by atoms with Crippen LogP contribution >= 0.6 is 11.6 Å². The number of hydrogen-bond donors (Lipinski definition) is 1. The third-order valence-electron chi connectivity index (χ3n) is 4.40. The average molecular weight is 417 g/mol. The Hall–Kier alpha value is -3.06. The van der Waals surface area contributed by atoms with Gasteiger partial charge in [0.05, 0.1) is 23.2 Å². The smallest absolute Gasteiger partial charge is 0.311 e. The van der Waals surface area contributed by atoms with Crippen molar-refractivity contribution in [2.45, 2.75) is 13.3 Å². The lowest BCUT2D eigenvalue weighted by Gasteiger charge is -2.17. The highest BCUT2D eigenvalue weighted by Gasteiger charge is 2.37. The maximum atomic E-state index is 12.3. The Bertz CT molecular complexity index is 900. The molecular weight excluding hydrogens is 396 g/mol. The highest BCUT2D eigenvalue weighted by molar-refractivity contribution is 6.33. The zero-order valence-electron chi connectivity index (χ0n) is 15.9. The van der Waals surface area contributed by atoms with Gasteiger partial charge in [-0.2, -0.15) is 0 Å². The monoisotopic (exact) mass is 416 g/mol. The molecule has 0 saturated carbocycles. The highest BCUT2D eigenvalue weighted by atomic mass is 35.5. The quantitative estimate of drug-likeness (QED) is 0.700. The molecule has 1 saturated heterocycles. The molecule has 1 aliphatic rings. The number of nitrogens with one attached hydrogen (secondary N) is 1.